The molecule has 0 spiro atoms. The SMILES string of the molecule is N#C[C@H](Cc1ccccc1)NC(=O)OCC(F)(F)F. The van der Waals surface area contributed by atoms with Gasteiger partial charge in [-0.2, -0.15) is 18.4 Å². The van der Waals surface area contributed by atoms with E-state index < -0.39 is 24.9 Å². The summed E-state index contributed by atoms with van der Waals surface area (Å²) in [5.41, 5.74) is 0.783. The Morgan fingerprint density at radius 1 is 1.37 bits per heavy atom. The molecule has 1 rings (SSSR count). The Hall–Kier alpha value is -2.23. The number of hydrogen-bond acceptors (Lipinski definition) is 3. The van der Waals surface area contributed by atoms with Gasteiger partial charge in [-0.25, -0.2) is 4.79 Å². The van der Waals surface area contributed by atoms with E-state index >= 15 is 0 Å². The number of benzene rings is 1. The molecule has 0 aliphatic heterocycles. The molecule has 0 aliphatic rings. The van der Waals surface area contributed by atoms with E-state index in [0.717, 1.165) is 5.56 Å². The second kappa shape index (κ2) is 6.64. The van der Waals surface area contributed by atoms with E-state index in [9.17, 15) is 18.0 Å². The number of alkyl halides is 3. The predicted octanol–water partition coefficient (Wildman–Crippen LogP) is 2.41. The summed E-state index contributed by atoms with van der Waals surface area (Å²) in [4.78, 5) is 11.1. The summed E-state index contributed by atoms with van der Waals surface area (Å²) in [6.07, 6.45) is -5.66. The van der Waals surface area contributed by atoms with Gasteiger partial charge in [0.1, 0.15) is 6.04 Å². The van der Waals surface area contributed by atoms with Gasteiger partial charge >= 0.3 is 12.3 Å². The van der Waals surface area contributed by atoms with Crippen molar-refractivity contribution in [3.63, 3.8) is 0 Å². The number of carbonyl (C=O) groups excluding carboxylic acids is 1. The Morgan fingerprint density at radius 3 is 2.53 bits per heavy atom. The van der Waals surface area contributed by atoms with E-state index in [1.165, 1.54) is 0 Å². The number of hydrogen-bond donors (Lipinski definition) is 1. The molecule has 4 nitrogen and oxygen atoms in total. The quantitative estimate of drug-likeness (QED) is 0.915. The van der Waals surface area contributed by atoms with E-state index in [-0.39, 0.29) is 6.42 Å². The number of nitrogens with zero attached hydrogens (tertiary/aromatic N) is 1. The van der Waals surface area contributed by atoms with E-state index in [2.05, 4.69) is 10.1 Å². The Morgan fingerprint density at radius 2 is 2.00 bits per heavy atom. The summed E-state index contributed by atoms with van der Waals surface area (Å²) < 4.78 is 39.4. The fraction of sp³-hybridized carbons (Fsp3) is 0.333. The molecule has 7 heteroatoms. The first-order valence-electron chi connectivity index (χ1n) is 5.34. The highest BCUT2D eigenvalue weighted by atomic mass is 19.4. The summed E-state index contributed by atoms with van der Waals surface area (Å²) in [5.74, 6) is 0. The molecular formula is C12H11F3N2O2. The van der Waals surface area contributed by atoms with E-state index in [1.807, 2.05) is 0 Å². The molecule has 0 saturated carbocycles. The highest BCUT2D eigenvalue weighted by Gasteiger charge is 2.30. The maximum absolute atomic E-state index is 11.8. The van der Waals surface area contributed by atoms with Gasteiger partial charge in [-0.3, -0.25) is 0 Å². The second-order valence-electron chi connectivity index (χ2n) is 3.71. The van der Waals surface area contributed by atoms with Crippen LogP contribution in [0.4, 0.5) is 18.0 Å². The number of ether oxygens (including phenoxy) is 1. The minimum absolute atomic E-state index is 0.193. The molecule has 1 aromatic rings. The van der Waals surface area contributed by atoms with Gasteiger partial charge in [0.05, 0.1) is 6.07 Å². The minimum Gasteiger partial charge on any atom is -0.440 e. The van der Waals surface area contributed by atoms with Crippen molar-refractivity contribution in [3.8, 4) is 6.07 Å². The molecule has 0 aliphatic carbocycles. The molecule has 0 heterocycles. The van der Waals surface area contributed by atoms with Crippen LogP contribution in [0.5, 0.6) is 0 Å². The van der Waals surface area contributed by atoms with Crippen LogP contribution in [0, 0.1) is 11.3 Å². The number of halogens is 3. The number of nitriles is 1. The van der Waals surface area contributed by atoms with Crippen molar-refractivity contribution < 1.29 is 22.7 Å². The molecule has 1 aromatic carbocycles. The zero-order valence-corrected chi connectivity index (χ0v) is 9.78. The van der Waals surface area contributed by atoms with Crippen LogP contribution in [0.1, 0.15) is 5.56 Å². The lowest BCUT2D eigenvalue weighted by Crippen LogP contribution is -2.37. The average molecular weight is 272 g/mol. The van der Waals surface area contributed by atoms with Gasteiger partial charge in [0.15, 0.2) is 6.61 Å². The molecule has 1 amide bonds. The zero-order valence-electron chi connectivity index (χ0n) is 9.78. The van der Waals surface area contributed by atoms with Gasteiger partial charge in [0.2, 0.25) is 0 Å². The summed E-state index contributed by atoms with van der Waals surface area (Å²) in [5, 5.41) is 10.9. The summed E-state index contributed by atoms with van der Waals surface area (Å²) in [6, 6.07) is 9.63. The van der Waals surface area contributed by atoms with Crippen LogP contribution in [0.2, 0.25) is 0 Å². The van der Waals surface area contributed by atoms with E-state index in [0.29, 0.717) is 0 Å². The molecule has 1 atom stereocenters. The minimum atomic E-state index is -4.58. The van der Waals surface area contributed by atoms with Crippen molar-refractivity contribution in [2.24, 2.45) is 0 Å². The highest BCUT2D eigenvalue weighted by Crippen LogP contribution is 2.14. The van der Waals surface area contributed by atoms with Gasteiger partial charge in [-0.1, -0.05) is 30.3 Å². The van der Waals surface area contributed by atoms with Gasteiger partial charge in [-0.05, 0) is 5.56 Å². The lowest BCUT2D eigenvalue weighted by atomic mass is 10.1. The molecule has 102 valence electrons. The molecule has 0 unspecified atom stereocenters. The van der Waals surface area contributed by atoms with Crippen LogP contribution in [-0.4, -0.2) is 24.9 Å². The maximum Gasteiger partial charge on any atom is 0.422 e. The lowest BCUT2D eigenvalue weighted by Gasteiger charge is -2.13. The number of carbonyl (C=O) groups is 1. The van der Waals surface area contributed by atoms with Crippen LogP contribution in [0.25, 0.3) is 0 Å². The zero-order chi connectivity index (χ0) is 14.3. The molecule has 19 heavy (non-hydrogen) atoms. The standard InChI is InChI=1S/C12H11F3N2O2/c13-12(14,15)8-19-11(18)17-10(7-16)6-9-4-2-1-3-5-9/h1-5,10H,6,8H2,(H,17,18)/t10-/m0/s1. The van der Waals surface area contributed by atoms with Crippen LogP contribution >= 0.6 is 0 Å². The van der Waals surface area contributed by atoms with Crippen molar-refractivity contribution in [2.75, 3.05) is 6.61 Å². The van der Waals surface area contributed by atoms with Crippen LogP contribution in [0.15, 0.2) is 30.3 Å². The number of rotatable bonds is 4. The van der Waals surface area contributed by atoms with Crippen LogP contribution in [-0.2, 0) is 11.2 Å². The number of amides is 1. The topological polar surface area (TPSA) is 62.1 Å². The third kappa shape index (κ3) is 6.31. The summed E-state index contributed by atoms with van der Waals surface area (Å²) in [7, 11) is 0. The summed E-state index contributed by atoms with van der Waals surface area (Å²) >= 11 is 0. The van der Waals surface area contributed by atoms with Gasteiger partial charge in [-0.15, -0.1) is 0 Å². The molecule has 0 bridgehead atoms. The maximum atomic E-state index is 11.8. The van der Waals surface area contributed by atoms with Crippen molar-refractivity contribution in [1.82, 2.24) is 5.32 Å². The van der Waals surface area contributed by atoms with E-state index in [1.54, 1.807) is 36.4 Å². The average Bonchev–Trinajstić information content (AvgIpc) is 2.36. The normalized spacial score (nSPS) is 12.3. The van der Waals surface area contributed by atoms with Gasteiger partial charge in [0, 0.05) is 6.42 Å². The van der Waals surface area contributed by atoms with Gasteiger partial charge in [0.25, 0.3) is 0 Å². The third-order valence-corrected chi connectivity index (χ3v) is 2.10. The Bertz CT molecular complexity index is 454. The van der Waals surface area contributed by atoms with Crippen molar-refractivity contribution in [2.45, 2.75) is 18.6 Å². The monoisotopic (exact) mass is 272 g/mol. The smallest absolute Gasteiger partial charge is 0.422 e. The summed E-state index contributed by atoms with van der Waals surface area (Å²) in [6.45, 7) is -1.68. The predicted molar refractivity (Wildman–Crippen MR) is 60.1 cm³/mol. The Balaban J connectivity index is 2.45. The Labute approximate surface area is 107 Å². The first-order valence-corrected chi connectivity index (χ1v) is 5.34. The van der Waals surface area contributed by atoms with Crippen LogP contribution < -0.4 is 5.32 Å². The largest absolute Gasteiger partial charge is 0.440 e. The third-order valence-electron chi connectivity index (χ3n) is 2.10. The fourth-order valence-corrected chi connectivity index (χ4v) is 1.31. The number of nitrogens with one attached hydrogen (secondary N) is 1. The Kier molecular flexibility index (Phi) is 5.18. The van der Waals surface area contributed by atoms with Crippen molar-refractivity contribution in [3.05, 3.63) is 35.9 Å². The fourth-order valence-electron chi connectivity index (χ4n) is 1.31. The molecular weight excluding hydrogens is 261 g/mol. The molecule has 0 radical (unpaired) electrons. The first kappa shape index (κ1) is 14.8. The highest BCUT2D eigenvalue weighted by molar-refractivity contribution is 5.68. The van der Waals surface area contributed by atoms with Crippen LogP contribution in [0.3, 0.4) is 0 Å². The molecule has 0 aromatic heterocycles. The van der Waals surface area contributed by atoms with Gasteiger partial charge < -0.3 is 10.1 Å². The van der Waals surface area contributed by atoms with E-state index in [4.69, 9.17) is 5.26 Å². The number of alkyl carbamates (subject to hydrolysis) is 1. The molecule has 0 saturated heterocycles. The lowest BCUT2D eigenvalue weighted by molar-refractivity contribution is -0.160. The molecule has 1 N–H and O–H groups in total. The van der Waals surface area contributed by atoms with Crippen molar-refractivity contribution in [1.29, 1.82) is 5.26 Å². The molecule has 0 fully saturated rings. The second-order valence-corrected chi connectivity index (χ2v) is 3.71. The first-order chi connectivity index (χ1) is 8.90. The van der Waals surface area contributed by atoms with Crippen molar-refractivity contribution >= 4 is 6.09 Å².